The zero-order valence-electron chi connectivity index (χ0n) is 11.6. The van der Waals surface area contributed by atoms with Gasteiger partial charge in [-0.05, 0) is 63.3 Å². The fourth-order valence-corrected chi connectivity index (χ4v) is 3.09. The van der Waals surface area contributed by atoms with E-state index < -0.39 is 0 Å². The second-order valence-electron chi connectivity index (χ2n) is 6.67. The topological polar surface area (TPSA) is 21.3 Å². The standard InChI is InChI=1S/C15H29NO/c1-15(2)9-6-13(7-10-15)16-11-8-14-5-3-4-12-17-14/h13-14,16H,3-12H2,1-2H3. The Morgan fingerprint density at radius 1 is 1.12 bits per heavy atom. The Kier molecular flexibility index (Phi) is 4.87. The summed E-state index contributed by atoms with van der Waals surface area (Å²) in [6.07, 6.45) is 11.1. The van der Waals surface area contributed by atoms with Gasteiger partial charge in [-0.1, -0.05) is 13.8 Å². The predicted octanol–water partition coefficient (Wildman–Crippen LogP) is 3.50. The third kappa shape index (κ3) is 4.59. The number of hydrogen-bond donors (Lipinski definition) is 1. The molecule has 1 saturated heterocycles. The zero-order valence-corrected chi connectivity index (χ0v) is 11.6. The van der Waals surface area contributed by atoms with Crippen LogP contribution in [0, 0.1) is 5.41 Å². The van der Waals surface area contributed by atoms with Crippen LogP contribution in [-0.4, -0.2) is 25.3 Å². The summed E-state index contributed by atoms with van der Waals surface area (Å²) in [7, 11) is 0. The first-order chi connectivity index (χ1) is 8.16. The average Bonchev–Trinajstić information content (AvgIpc) is 2.33. The Hall–Kier alpha value is -0.0800. The monoisotopic (exact) mass is 239 g/mol. The van der Waals surface area contributed by atoms with Gasteiger partial charge in [0.05, 0.1) is 6.10 Å². The summed E-state index contributed by atoms with van der Waals surface area (Å²) >= 11 is 0. The summed E-state index contributed by atoms with van der Waals surface area (Å²) in [5.74, 6) is 0. The molecule has 0 aromatic carbocycles. The number of nitrogens with one attached hydrogen (secondary N) is 1. The molecule has 1 N–H and O–H groups in total. The second kappa shape index (κ2) is 6.19. The van der Waals surface area contributed by atoms with Gasteiger partial charge in [-0.2, -0.15) is 0 Å². The summed E-state index contributed by atoms with van der Waals surface area (Å²) < 4.78 is 5.76. The maximum atomic E-state index is 5.76. The predicted molar refractivity (Wildman–Crippen MR) is 72.2 cm³/mol. The highest BCUT2D eigenvalue weighted by Gasteiger charge is 2.26. The van der Waals surface area contributed by atoms with Crippen molar-refractivity contribution in [3.63, 3.8) is 0 Å². The molecule has 2 aliphatic rings. The number of hydrogen-bond acceptors (Lipinski definition) is 2. The van der Waals surface area contributed by atoms with Crippen LogP contribution in [0.4, 0.5) is 0 Å². The first-order valence-corrected chi connectivity index (χ1v) is 7.51. The van der Waals surface area contributed by atoms with Gasteiger partial charge in [0.15, 0.2) is 0 Å². The van der Waals surface area contributed by atoms with Crippen molar-refractivity contribution in [2.75, 3.05) is 13.2 Å². The van der Waals surface area contributed by atoms with Crippen LogP contribution in [0.25, 0.3) is 0 Å². The van der Waals surface area contributed by atoms with E-state index in [2.05, 4.69) is 19.2 Å². The van der Waals surface area contributed by atoms with Crippen LogP contribution in [0.5, 0.6) is 0 Å². The van der Waals surface area contributed by atoms with Crippen LogP contribution in [0.1, 0.15) is 65.2 Å². The molecule has 2 heteroatoms. The Morgan fingerprint density at radius 3 is 2.53 bits per heavy atom. The summed E-state index contributed by atoms with van der Waals surface area (Å²) in [6.45, 7) is 6.94. The van der Waals surface area contributed by atoms with Crippen molar-refractivity contribution >= 4 is 0 Å². The third-order valence-electron chi connectivity index (χ3n) is 4.51. The molecule has 1 aliphatic heterocycles. The van der Waals surface area contributed by atoms with Gasteiger partial charge < -0.3 is 10.1 Å². The van der Waals surface area contributed by atoms with Gasteiger partial charge in [0.2, 0.25) is 0 Å². The van der Waals surface area contributed by atoms with E-state index >= 15 is 0 Å². The zero-order chi connectivity index (χ0) is 12.1. The van der Waals surface area contributed by atoms with Crippen molar-refractivity contribution in [3.05, 3.63) is 0 Å². The molecule has 1 aliphatic carbocycles. The lowest BCUT2D eigenvalue weighted by Gasteiger charge is -2.35. The molecular formula is C15H29NO. The summed E-state index contributed by atoms with van der Waals surface area (Å²) in [6, 6.07) is 0.770. The second-order valence-corrected chi connectivity index (χ2v) is 6.67. The van der Waals surface area contributed by atoms with Crippen LogP contribution in [0.3, 0.4) is 0 Å². The van der Waals surface area contributed by atoms with Gasteiger partial charge in [-0.15, -0.1) is 0 Å². The molecule has 1 unspecified atom stereocenters. The fraction of sp³-hybridized carbons (Fsp3) is 1.00. The van der Waals surface area contributed by atoms with E-state index in [9.17, 15) is 0 Å². The Morgan fingerprint density at radius 2 is 1.88 bits per heavy atom. The van der Waals surface area contributed by atoms with E-state index in [4.69, 9.17) is 4.74 Å². The SMILES string of the molecule is CC1(C)CCC(NCCC2CCCCO2)CC1. The van der Waals surface area contributed by atoms with Gasteiger partial charge in [0.25, 0.3) is 0 Å². The molecular weight excluding hydrogens is 210 g/mol. The molecule has 100 valence electrons. The lowest BCUT2D eigenvalue weighted by Crippen LogP contribution is -2.37. The van der Waals surface area contributed by atoms with Gasteiger partial charge in [0, 0.05) is 12.6 Å². The first kappa shape index (κ1) is 13.4. The minimum absolute atomic E-state index is 0.538. The Labute approximate surface area is 107 Å². The van der Waals surface area contributed by atoms with Gasteiger partial charge in [-0.3, -0.25) is 0 Å². The van der Waals surface area contributed by atoms with Crippen LogP contribution >= 0.6 is 0 Å². The molecule has 2 nitrogen and oxygen atoms in total. The van der Waals surface area contributed by atoms with Crippen molar-refractivity contribution in [2.45, 2.75) is 77.4 Å². The Balaban J connectivity index is 1.56. The molecule has 0 bridgehead atoms. The maximum Gasteiger partial charge on any atom is 0.0587 e. The molecule has 2 fully saturated rings. The number of rotatable bonds is 4. The number of ether oxygens (including phenoxy) is 1. The molecule has 0 spiro atoms. The smallest absolute Gasteiger partial charge is 0.0587 e. The summed E-state index contributed by atoms with van der Waals surface area (Å²) in [4.78, 5) is 0. The first-order valence-electron chi connectivity index (χ1n) is 7.51. The molecule has 1 heterocycles. The lowest BCUT2D eigenvalue weighted by molar-refractivity contribution is 0.0108. The maximum absolute atomic E-state index is 5.76. The Bertz CT molecular complexity index is 211. The van der Waals surface area contributed by atoms with E-state index in [0.717, 1.165) is 19.2 Å². The van der Waals surface area contributed by atoms with E-state index in [1.165, 1.54) is 51.4 Å². The lowest BCUT2D eigenvalue weighted by atomic mass is 9.75. The van der Waals surface area contributed by atoms with Crippen LogP contribution < -0.4 is 5.32 Å². The highest BCUT2D eigenvalue weighted by Crippen LogP contribution is 2.34. The van der Waals surface area contributed by atoms with Crippen molar-refractivity contribution in [3.8, 4) is 0 Å². The molecule has 17 heavy (non-hydrogen) atoms. The van der Waals surface area contributed by atoms with Crippen molar-refractivity contribution in [2.24, 2.45) is 5.41 Å². The fourth-order valence-electron chi connectivity index (χ4n) is 3.09. The molecule has 0 aromatic rings. The van der Waals surface area contributed by atoms with Gasteiger partial charge >= 0.3 is 0 Å². The summed E-state index contributed by atoms with van der Waals surface area (Å²) in [5.41, 5.74) is 0.588. The van der Waals surface area contributed by atoms with E-state index in [0.29, 0.717) is 11.5 Å². The van der Waals surface area contributed by atoms with E-state index in [-0.39, 0.29) is 0 Å². The minimum Gasteiger partial charge on any atom is -0.378 e. The van der Waals surface area contributed by atoms with Gasteiger partial charge in [0.1, 0.15) is 0 Å². The molecule has 0 amide bonds. The third-order valence-corrected chi connectivity index (χ3v) is 4.51. The normalized spacial score (nSPS) is 30.4. The van der Waals surface area contributed by atoms with Crippen molar-refractivity contribution in [1.29, 1.82) is 0 Å². The largest absolute Gasteiger partial charge is 0.378 e. The van der Waals surface area contributed by atoms with E-state index in [1.807, 2.05) is 0 Å². The van der Waals surface area contributed by atoms with Crippen molar-refractivity contribution < 1.29 is 4.74 Å². The highest BCUT2D eigenvalue weighted by molar-refractivity contribution is 4.82. The van der Waals surface area contributed by atoms with Gasteiger partial charge in [-0.25, -0.2) is 0 Å². The van der Waals surface area contributed by atoms with E-state index in [1.54, 1.807) is 0 Å². The average molecular weight is 239 g/mol. The molecule has 0 radical (unpaired) electrons. The molecule has 1 atom stereocenters. The van der Waals surface area contributed by atoms with Crippen molar-refractivity contribution in [1.82, 2.24) is 5.32 Å². The van der Waals surface area contributed by atoms with Crippen LogP contribution in [0.15, 0.2) is 0 Å². The highest BCUT2D eigenvalue weighted by atomic mass is 16.5. The quantitative estimate of drug-likeness (QED) is 0.810. The molecule has 0 aromatic heterocycles. The summed E-state index contributed by atoms with van der Waals surface area (Å²) in [5, 5.41) is 3.73. The molecule has 2 rings (SSSR count). The minimum atomic E-state index is 0.538. The van der Waals surface area contributed by atoms with Crippen LogP contribution in [-0.2, 0) is 4.74 Å². The van der Waals surface area contributed by atoms with Crippen LogP contribution in [0.2, 0.25) is 0 Å². The molecule has 1 saturated carbocycles.